The average Bonchev–Trinajstić information content (AvgIpc) is 2.38. The van der Waals surface area contributed by atoms with Gasteiger partial charge in [0.15, 0.2) is 0 Å². The fraction of sp³-hybridized carbons (Fsp3) is 0.294. The first-order valence-corrected chi connectivity index (χ1v) is 7.15. The molecule has 3 heteroatoms. The molecule has 0 aliphatic rings. The monoisotopic (exact) mass is 290 g/mol. The van der Waals surface area contributed by atoms with Crippen LogP contribution in [-0.2, 0) is 6.42 Å². The number of ether oxygens (including phenoxy) is 2. The number of para-hydroxylation sites is 1. The molecule has 2 aromatic rings. The summed E-state index contributed by atoms with van der Waals surface area (Å²) in [5, 5.41) is 0.692. The van der Waals surface area contributed by atoms with Crippen molar-refractivity contribution in [2.75, 3.05) is 6.61 Å². The van der Waals surface area contributed by atoms with Crippen LogP contribution < -0.4 is 9.47 Å². The molecule has 2 rings (SSSR count). The molecule has 0 N–H and O–H groups in total. The Balaban J connectivity index is 1.93. The van der Waals surface area contributed by atoms with Crippen LogP contribution in [0.1, 0.15) is 19.4 Å². The van der Waals surface area contributed by atoms with Gasteiger partial charge in [-0.15, -0.1) is 0 Å². The van der Waals surface area contributed by atoms with Crippen molar-refractivity contribution in [3.63, 3.8) is 0 Å². The van der Waals surface area contributed by atoms with E-state index < -0.39 is 0 Å². The molecule has 0 amide bonds. The predicted octanol–water partition coefficient (Wildman–Crippen LogP) is 4.75. The van der Waals surface area contributed by atoms with Gasteiger partial charge < -0.3 is 9.47 Å². The summed E-state index contributed by atoms with van der Waals surface area (Å²) >= 11 is 6.11. The molecule has 106 valence electrons. The third-order valence-corrected chi connectivity index (χ3v) is 2.92. The van der Waals surface area contributed by atoms with E-state index in [0.29, 0.717) is 11.6 Å². The van der Waals surface area contributed by atoms with Gasteiger partial charge in [0, 0.05) is 11.4 Å². The summed E-state index contributed by atoms with van der Waals surface area (Å²) in [6, 6.07) is 15.6. The van der Waals surface area contributed by atoms with Gasteiger partial charge in [-0.3, -0.25) is 0 Å². The molecule has 0 heterocycles. The SMILES string of the molecule is CC(C)Oc1cc(Cl)cc(CCOc2ccccc2)c1. The van der Waals surface area contributed by atoms with Gasteiger partial charge in [0.05, 0.1) is 12.7 Å². The van der Waals surface area contributed by atoms with Gasteiger partial charge >= 0.3 is 0 Å². The van der Waals surface area contributed by atoms with Crippen molar-refractivity contribution in [2.45, 2.75) is 26.4 Å². The Labute approximate surface area is 125 Å². The molecule has 0 aliphatic heterocycles. The maximum absolute atomic E-state index is 6.11. The number of hydrogen-bond acceptors (Lipinski definition) is 2. The Hall–Kier alpha value is -1.67. The number of halogens is 1. The van der Waals surface area contributed by atoms with Crippen LogP contribution in [0.2, 0.25) is 5.02 Å². The first-order valence-electron chi connectivity index (χ1n) is 6.77. The summed E-state index contributed by atoms with van der Waals surface area (Å²) in [5.74, 6) is 1.69. The third kappa shape index (κ3) is 4.78. The minimum absolute atomic E-state index is 0.141. The third-order valence-electron chi connectivity index (χ3n) is 2.71. The minimum Gasteiger partial charge on any atom is -0.493 e. The molecule has 0 fully saturated rings. The van der Waals surface area contributed by atoms with Gasteiger partial charge in [-0.25, -0.2) is 0 Å². The minimum atomic E-state index is 0.141. The van der Waals surface area contributed by atoms with E-state index in [1.807, 2.05) is 62.4 Å². The molecule has 2 aromatic carbocycles. The normalized spacial score (nSPS) is 10.6. The molecule has 20 heavy (non-hydrogen) atoms. The Morgan fingerprint density at radius 3 is 2.45 bits per heavy atom. The van der Waals surface area contributed by atoms with Crippen LogP contribution in [0, 0.1) is 0 Å². The van der Waals surface area contributed by atoms with E-state index in [-0.39, 0.29) is 6.10 Å². The summed E-state index contributed by atoms with van der Waals surface area (Å²) in [7, 11) is 0. The smallest absolute Gasteiger partial charge is 0.121 e. The van der Waals surface area contributed by atoms with Crippen molar-refractivity contribution >= 4 is 11.6 Å². The lowest BCUT2D eigenvalue weighted by Gasteiger charge is -2.12. The number of hydrogen-bond donors (Lipinski definition) is 0. The van der Waals surface area contributed by atoms with E-state index in [2.05, 4.69) is 0 Å². The van der Waals surface area contributed by atoms with Gasteiger partial charge in [-0.05, 0) is 49.7 Å². The topological polar surface area (TPSA) is 18.5 Å². The van der Waals surface area contributed by atoms with Gasteiger partial charge in [0.2, 0.25) is 0 Å². The van der Waals surface area contributed by atoms with Crippen LogP contribution in [-0.4, -0.2) is 12.7 Å². The van der Waals surface area contributed by atoms with E-state index in [1.54, 1.807) is 0 Å². The van der Waals surface area contributed by atoms with E-state index in [1.165, 1.54) is 0 Å². The molecule has 0 aromatic heterocycles. The number of rotatable bonds is 6. The van der Waals surface area contributed by atoms with E-state index in [0.717, 1.165) is 23.5 Å². The van der Waals surface area contributed by atoms with Crippen LogP contribution in [0.5, 0.6) is 11.5 Å². The molecule has 0 radical (unpaired) electrons. The van der Waals surface area contributed by atoms with Crippen LogP contribution in [0.25, 0.3) is 0 Å². The molecule has 0 spiro atoms. The van der Waals surface area contributed by atoms with Crippen LogP contribution >= 0.6 is 11.6 Å². The molecule has 2 nitrogen and oxygen atoms in total. The van der Waals surface area contributed by atoms with Crippen molar-refractivity contribution in [3.05, 3.63) is 59.1 Å². The molecule has 0 atom stereocenters. The van der Waals surface area contributed by atoms with Gasteiger partial charge in [0.1, 0.15) is 11.5 Å². The van der Waals surface area contributed by atoms with Crippen LogP contribution in [0.15, 0.2) is 48.5 Å². The van der Waals surface area contributed by atoms with Crippen molar-refractivity contribution < 1.29 is 9.47 Å². The fourth-order valence-corrected chi connectivity index (χ4v) is 2.16. The summed E-state index contributed by atoms with van der Waals surface area (Å²) in [6.45, 7) is 4.61. The van der Waals surface area contributed by atoms with Crippen molar-refractivity contribution in [1.82, 2.24) is 0 Å². The molecule has 0 saturated carbocycles. The zero-order chi connectivity index (χ0) is 14.4. The summed E-state index contributed by atoms with van der Waals surface area (Å²) in [4.78, 5) is 0. The lowest BCUT2D eigenvalue weighted by Crippen LogP contribution is -2.06. The first-order chi connectivity index (χ1) is 9.63. The zero-order valence-corrected chi connectivity index (χ0v) is 12.6. The Morgan fingerprint density at radius 1 is 1.00 bits per heavy atom. The first kappa shape index (κ1) is 14.7. The second-order valence-electron chi connectivity index (χ2n) is 4.87. The van der Waals surface area contributed by atoms with Crippen LogP contribution in [0.3, 0.4) is 0 Å². The highest BCUT2D eigenvalue weighted by molar-refractivity contribution is 6.30. The lowest BCUT2D eigenvalue weighted by atomic mass is 10.1. The average molecular weight is 291 g/mol. The van der Waals surface area contributed by atoms with Gasteiger partial charge in [-0.2, -0.15) is 0 Å². The maximum atomic E-state index is 6.11. The summed E-state index contributed by atoms with van der Waals surface area (Å²) in [5.41, 5.74) is 1.11. The summed E-state index contributed by atoms with van der Waals surface area (Å²) in [6.07, 6.45) is 0.936. The maximum Gasteiger partial charge on any atom is 0.121 e. The molecular formula is C17H19ClO2. The van der Waals surface area contributed by atoms with Gasteiger partial charge in [-0.1, -0.05) is 29.8 Å². The van der Waals surface area contributed by atoms with Crippen molar-refractivity contribution in [3.8, 4) is 11.5 Å². The van der Waals surface area contributed by atoms with Crippen LogP contribution in [0.4, 0.5) is 0 Å². The molecule has 0 bridgehead atoms. The second-order valence-corrected chi connectivity index (χ2v) is 5.31. The molecule has 0 aliphatic carbocycles. The Bertz CT molecular complexity index is 538. The predicted molar refractivity (Wildman–Crippen MR) is 82.9 cm³/mol. The molecule has 0 saturated heterocycles. The zero-order valence-electron chi connectivity index (χ0n) is 11.8. The van der Waals surface area contributed by atoms with E-state index in [4.69, 9.17) is 21.1 Å². The van der Waals surface area contributed by atoms with Crippen molar-refractivity contribution in [2.24, 2.45) is 0 Å². The van der Waals surface area contributed by atoms with Crippen molar-refractivity contribution in [1.29, 1.82) is 0 Å². The molecule has 0 unspecified atom stereocenters. The largest absolute Gasteiger partial charge is 0.493 e. The Morgan fingerprint density at radius 2 is 1.75 bits per heavy atom. The highest BCUT2D eigenvalue weighted by Gasteiger charge is 2.03. The molecular weight excluding hydrogens is 272 g/mol. The Kier molecular flexibility index (Phi) is 5.31. The fourth-order valence-electron chi connectivity index (χ4n) is 1.91. The van der Waals surface area contributed by atoms with Gasteiger partial charge in [0.25, 0.3) is 0 Å². The summed E-state index contributed by atoms with van der Waals surface area (Å²) < 4.78 is 11.4. The lowest BCUT2D eigenvalue weighted by molar-refractivity contribution is 0.242. The standard InChI is InChI=1S/C17H19ClO2/c1-13(2)20-17-11-14(10-15(18)12-17)8-9-19-16-6-4-3-5-7-16/h3-7,10-13H,8-9H2,1-2H3. The highest BCUT2D eigenvalue weighted by Crippen LogP contribution is 2.22. The van der Waals surface area contributed by atoms with E-state index in [9.17, 15) is 0 Å². The number of benzene rings is 2. The second kappa shape index (κ2) is 7.20. The van der Waals surface area contributed by atoms with E-state index >= 15 is 0 Å². The highest BCUT2D eigenvalue weighted by atomic mass is 35.5. The quantitative estimate of drug-likeness (QED) is 0.764.